The van der Waals surface area contributed by atoms with Crippen LogP contribution in [0.3, 0.4) is 0 Å². The molecule has 0 radical (unpaired) electrons. The van der Waals surface area contributed by atoms with Crippen LogP contribution in [0.4, 0.5) is 5.00 Å². The fraction of sp³-hybridized carbons (Fsp3) is 0.500. The molecule has 0 saturated carbocycles. The Morgan fingerprint density at radius 1 is 1.23 bits per heavy atom. The second kappa shape index (κ2) is 9.84. The number of nitrogens with zero attached hydrogens (tertiary/aromatic N) is 3. The van der Waals surface area contributed by atoms with E-state index in [0.717, 1.165) is 17.1 Å². The van der Waals surface area contributed by atoms with Gasteiger partial charge in [-0.05, 0) is 43.4 Å². The predicted molar refractivity (Wildman–Crippen MR) is 117 cm³/mol. The van der Waals surface area contributed by atoms with Crippen molar-refractivity contribution in [2.75, 3.05) is 25.0 Å². The monoisotopic (exact) mass is 466 g/mol. The molecule has 1 fully saturated rings. The molecule has 3 rings (SSSR count). The van der Waals surface area contributed by atoms with Gasteiger partial charge in [0, 0.05) is 30.5 Å². The van der Waals surface area contributed by atoms with Crippen LogP contribution in [0.25, 0.3) is 0 Å². The van der Waals surface area contributed by atoms with Crippen molar-refractivity contribution in [1.29, 1.82) is 0 Å². The fourth-order valence-electron chi connectivity index (χ4n) is 3.35. The molecule has 0 spiro atoms. The van der Waals surface area contributed by atoms with E-state index in [1.165, 1.54) is 4.31 Å². The van der Waals surface area contributed by atoms with Crippen molar-refractivity contribution in [1.82, 2.24) is 13.9 Å². The third-order valence-electron chi connectivity index (χ3n) is 5.20. The van der Waals surface area contributed by atoms with E-state index in [2.05, 4.69) is 28.8 Å². The number of anilines is 1. The molecule has 1 aliphatic heterocycles. The number of carbonyl (C=O) groups is 2. The summed E-state index contributed by atoms with van der Waals surface area (Å²) in [6.45, 7) is 6.47. The Bertz CT molecular complexity index is 1030. The van der Waals surface area contributed by atoms with Crippen LogP contribution in [0.15, 0.2) is 29.2 Å². The summed E-state index contributed by atoms with van der Waals surface area (Å²) in [5.41, 5.74) is 1.05. The predicted octanol–water partition coefficient (Wildman–Crippen LogP) is 2.88. The van der Waals surface area contributed by atoms with Crippen LogP contribution in [-0.4, -0.2) is 53.9 Å². The van der Waals surface area contributed by atoms with Crippen LogP contribution in [0.1, 0.15) is 55.6 Å². The largest absolute Gasteiger partial charge is 0.461 e. The molecule has 1 saturated heterocycles. The van der Waals surface area contributed by atoms with Crippen molar-refractivity contribution in [3.63, 3.8) is 0 Å². The lowest BCUT2D eigenvalue weighted by Gasteiger charge is -2.30. The quantitative estimate of drug-likeness (QED) is 0.623. The average molecular weight is 467 g/mol. The number of piperidine rings is 1. The van der Waals surface area contributed by atoms with E-state index in [4.69, 9.17) is 4.74 Å². The number of hydrogen-bond donors (Lipinski definition) is 1. The van der Waals surface area contributed by atoms with E-state index in [0.29, 0.717) is 18.8 Å². The zero-order chi connectivity index (χ0) is 22.6. The van der Waals surface area contributed by atoms with Gasteiger partial charge in [0.25, 0.3) is 0 Å². The molecule has 31 heavy (non-hydrogen) atoms. The van der Waals surface area contributed by atoms with Crippen LogP contribution in [0, 0.1) is 5.92 Å². The lowest BCUT2D eigenvalue weighted by atomic mass is 9.97. The maximum atomic E-state index is 12.9. The summed E-state index contributed by atoms with van der Waals surface area (Å²) in [7, 11) is -3.61. The highest BCUT2D eigenvalue weighted by Gasteiger charge is 2.33. The van der Waals surface area contributed by atoms with E-state index in [1.54, 1.807) is 19.1 Å². The SMILES string of the molecule is CCOC(=O)c1nnsc1NC(=O)C1CCN(S(=O)(=O)c2ccc(C(C)C)cc2)CC1. The third kappa shape index (κ3) is 5.28. The molecule has 1 aromatic carbocycles. The summed E-state index contributed by atoms with van der Waals surface area (Å²) in [4.78, 5) is 24.8. The molecule has 0 atom stereocenters. The Morgan fingerprint density at radius 2 is 1.87 bits per heavy atom. The molecule has 0 unspecified atom stereocenters. The maximum Gasteiger partial charge on any atom is 0.362 e. The molecular weight excluding hydrogens is 440 g/mol. The van der Waals surface area contributed by atoms with Crippen molar-refractivity contribution >= 4 is 38.4 Å². The van der Waals surface area contributed by atoms with Gasteiger partial charge in [-0.2, -0.15) is 4.31 Å². The van der Waals surface area contributed by atoms with Gasteiger partial charge in [0.1, 0.15) is 0 Å². The number of carbonyl (C=O) groups excluding carboxylic acids is 2. The highest BCUT2D eigenvalue weighted by atomic mass is 32.2. The number of sulfonamides is 1. The first-order chi connectivity index (χ1) is 14.7. The summed E-state index contributed by atoms with van der Waals surface area (Å²) in [5, 5.41) is 6.65. The van der Waals surface area contributed by atoms with E-state index in [9.17, 15) is 18.0 Å². The summed E-state index contributed by atoms with van der Waals surface area (Å²) in [6.07, 6.45) is 0.770. The van der Waals surface area contributed by atoms with E-state index < -0.39 is 16.0 Å². The zero-order valence-electron chi connectivity index (χ0n) is 17.7. The van der Waals surface area contributed by atoms with Crippen molar-refractivity contribution in [2.24, 2.45) is 5.92 Å². The summed E-state index contributed by atoms with van der Waals surface area (Å²) >= 11 is 0.901. The minimum Gasteiger partial charge on any atom is -0.461 e. The molecule has 0 bridgehead atoms. The lowest BCUT2D eigenvalue weighted by molar-refractivity contribution is -0.120. The Labute approximate surface area is 186 Å². The van der Waals surface area contributed by atoms with E-state index >= 15 is 0 Å². The molecule has 9 nitrogen and oxygen atoms in total. The van der Waals surface area contributed by atoms with Gasteiger partial charge in [-0.1, -0.05) is 30.5 Å². The zero-order valence-corrected chi connectivity index (χ0v) is 19.3. The molecule has 0 aliphatic carbocycles. The summed E-state index contributed by atoms with van der Waals surface area (Å²) in [6, 6.07) is 6.94. The second-order valence-electron chi connectivity index (χ2n) is 7.56. The fourth-order valence-corrected chi connectivity index (χ4v) is 5.38. The van der Waals surface area contributed by atoms with Gasteiger partial charge in [-0.3, -0.25) is 4.79 Å². The molecule has 168 valence electrons. The van der Waals surface area contributed by atoms with Crippen molar-refractivity contribution in [3.8, 4) is 0 Å². The molecule has 1 aromatic heterocycles. The van der Waals surface area contributed by atoms with Crippen LogP contribution in [0.2, 0.25) is 0 Å². The number of amides is 1. The number of benzene rings is 1. The van der Waals surface area contributed by atoms with Crippen molar-refractivity contribution in [3.05, 3.63) is 35.5 Å². The van der Waals surface area contributed by atoms with Gasteiger partial charge in [-0.15, -0.1) is 5.10 Å². The van der Waals surface area contributed by atoms with Gasteiger partial charge in [0.2, 0.25) is 21.6 Å². The average Bonchev–Trinajstić information content (AvgIpc) is 3.22. The Hall–Kier alpha value is -2.37. The maximum absolute atomic E-state index is 12.9. The van der Waals surface area contributed by atoms with Gasteiger partial charge >= 0.3 is 5.97 Å². The molecule has 1 amide bonds. The number of esters is 1. The van der Waals surface area contributed by atoms with Crippen LogP contribution < -0.4 is 5.32 Å². The highest BCUT2D eigenvalue weighted by Crippen LogP contribution is 2.27. The smallest absolute Gasteiger partial charge is 0.362 e. The van der Waals surface area contributed by atoms with Gasteiger partial charge < -0.3 is 10.1 Å². The van der Waals surface area contributed by atoms with Gasteiger partial charge in [0.15, 0.2) is 5.00 Å². The molecule has 11 heteroatoms. The van der Waals surface area contributed by atoms with Crippen LogP contribution in [-0.2, 0) is 19.6 Å². The number of rotatable bonds is 7. The second-order valence-corrected chi connectivity index (χ2v) is 10.3. The first-order valence-electron chi connectivity index (χ1n) is 10.1. The first-order valence-corrected chi connectivity index (χ1v) is 12.4. The minimum atomic E-state index is -3.61. The molecule has 2 aromatic rings. The summed E-state index contributed by atoms with van der Waals surface area (Å²) < 4.78 is 35.9. The Balaban J connectivity index is 1.61. The third-order valence-corrected chi connectivity index (χ3v) is 7.76. The van der Waals surface area contributed by atoms with Gasteiger partial charge in [-0.25, -0.2) is 13.2 Å². The molecule has 2 heterocycles. The molecule has 1 N–H and O–H groups in total. The number of hydrogen-bond acceptors (Lipinski definition) is 8. The number of nitrogens with one attached hydrogen (secondary N) is 1. The highest BCUT2D eigenvalue weighted by molar-refractivity contribution is 7.89. The minimum absolute atomic E-state index is 0.0231. The normalized spacial score (nSPS) is 15.7. The van der Waals surface area contributed by atoms with Crippen molar-refractivity contribution < 1.29 is 22.7 Å². The Kier molecular flexibility index (Phi) is 7.39. The summed E-state index contributed by atoms with van der Waals surface area (Å²) in [5.74, 6) is -0.970. The van der Waals surface area contributed by atoms with E-state index in [-0.39, 0.29) is 47.1 Å². The number of ether oxygens (including phenoxy) is 1. The number of aromatic nitrogens is 2. The Morgan fingerprint density at radius 3 is 2.45 bits per heavy atom. The van der Waals surface area contributed by atoms with Crippen LogP contribution in [0.5, 0.6) is 0 Å². The van der Waals surface area contributed by atoms with Crippen LogP contribution >= 0.6 is 11.5 Å². The lowest BCUT2D eigenvalue weighted by Crippen LogP contribution is -2.41. The standard InChI is InChI=1S/C20H26N4O5S2/c1-4-29-20(26)17-19(30-23-22-17)21-18(25)15-9-11-24(12-10-15)31(27,28)16-7-5-14(6-8-16)13(2)3/h5-8,13,15H,4,9-12H2,1-3H3,(H,21,25). The topological polar surface area (TPSA) is 119 Å². The van der Waals surface area contributed by atoms with Gasteiger partial charge in [0.05, 0.1) is 11.5 Å². The van der Waals surface area contributed by atoms with Crippen molar-refractivity contribution in [2.45, 2.75) is 44.4 Å². The first kappa shape index (κ1) is 23.3. The molecule has 1 aliphatic rings. The molecular formula is C20H26N4O5S2. The van der Waals surface area contributed by atoms with E-state index in [1.807, 2.05) is 12.1 Å².